The smallest absolute Gasteiger partial charge is 0.252 e. The maximum absolute atomic E-state index is 2.86. The third-order valence-corrected chi connectivity index (χ3v) is 21.0. The second-order valence-corrected chi connectivity index (χ2v) is 31.8. The molecule has 424 valence electrons. The molecule has 0 aromatic heterocycles. The minimum Gasteiger partial charge on any atom is -0.334 e. The summed E-state index contributed by atoms with van der Waals surface area (Å²) in [5.41, 5.74) is 28.6. The zero-order chi connectivity index (χ0) is 58.9. The number of benzene rings is 8. The van der Waals surface area contributed by atoms with Crippen molar-refractivity contribution in [3.8, 4) is 22.3 Å². The molecule has 2 unspecified atom stereocenters. The highest BCUT2D eigenvalue weighted by molar-refractivity contribution is 7.00. The highest BCUT2D eigenvalue weighted by atomic mass is 15.3. The SMILES string of the molecule is CC(C)(C)c1ccc2c(c1)B1c3cc4c(cc3N(c3ccc(C(C)(C)C)cc3-c3ccccc3)c3cc(N5c6ccc(C(C)(C)C)cc6C6(C)CCCCC56C)cc(c31)N2c1ccc(C(C)(C)C)cc1-c1ccccc1)C(C)(C)CC4(C)C. The molecule has 0 saturated heterocycles. The summed E-state index contributed by atoms with van der Waals surface area (Å²) in [6.45, 7) is 43.6. The first-order chi connectivity index (χ1) is 38.9. The van der Waals surface area contributed by atoms with Gasteiger partial charge in [0.2, 0.25) is 0 Å². The molecular weight excluding hydrogens is 1000 g/mol. The fourth-order valence-corrected chi connectivity index (χ4v) is 16.3. The van der Waals surface area contributed by atoms with Gasteiger partial charge in [-0.05, 0) is 180 Å². The topological polar surface area (TPSA) is 9.72 Å². The summed E-state index contributed by atoms with van der Waals surface area (Å²) in [7, 11) is 0. The zero-order valence-electron chi connectivity index (χ0n) is 53.5. The molecule has 0 bridgehead atoms. The molecule has 83 heavy (non-hydrogen) atoms. The molecule has 3 nitrogen and oxygen atoms in total. The Morgan fingerprint density at radius 2 is 0.795 bits per heavy atom. The van der Waals surface area contributed by atoms with E-state index in [-0.39, 0.29) is 50.2 Å². The Labute approximate surface area is 499 Å². The van der Waals surface area contributed by atoms with Crippen molar-refractivity contribution in [1.82, 2.24) is 0 Å². The van der Waals surface area contributed by atoms with E-state index in [0.717, 1.165) is 19.3 Å². The lowest BCUT2D eigenvalue weighted by Crippen LogP contribution is -2.62. The van der Waals surface area contributed by atoms with Crippen molar-refractivity contribution in [3.63, 3.8) is 0 Å². The monoisotopic (exact) mass is 1090 g/mol. The average Bonchev–Trinajstić information content (AvgIpc) is 1.96. The molecule has 3 aliphatic heterocycles. The third-order valence-electron chi connectivity index (χ3n) is 21.0. The van der Waals surface area contributed by atoms with Crippen molar-refractivity contribution in [2.75, 3.05) is 14.7 Å². The lowest BCUT2D eigenvalue weighted by atomic mass is 9.33. The Bertz CT molecular complexity index is 3930. The highest BCUT2D eigenvalue weighted by Gasteiger charge is 2.59. The Balaban J connectivity index is 1.22. The number of rotatable bonds is 5. The largest absolute Gasteiger partial charge is 0.334 e. The van der Waals surface area contributed by atoms with Gasteiger partial charge in [-0.2, -0.15) is 0 Å². The molecule has 5 aliphatic rings. The van der Waals surface area contributed by atoms with Crippen LogP contribution in [0.15, 0.2) is 158 Å². The van der Waals surface area contributed by atoms with E-state index in [0.29, 0.717) is 0 Å². The van der Waals surface area contributed by atoms with Gasteiger partial charge in [0.1, 0.15) is 0 Å². The van der Waals surface area contributed by atoms with E-state index in [4.69, 9.17) is 0 Å². The summed E-state index contributed by atoms with van der Waals surface area (Å²) in [4.78, 5) is 8.35. The van der Waals surface area contributed by atoms with Crippen molar-refractivity contribution in [3.05, 3.63) is 197 Å². The van der Waals surface area contributed by atoms with E-state index in [1.54, 1.807) is 0 Å². The first-order valence-electron chi connectivity index (χ1n) is 31.4. The van der Waals surface area contributed by atoms with E-state index in [2.05, 4.69) is 297 Å². The van der Waals surface area contributed by atoms with Gasteiger partial charge in [0.25, 0.3) is 6.71 Å². The Morgan fingerprint density at radius 1 is 0.373 bits per heavy atom. The van der Waals surface area contributed by atoms with Crippen LogP contribution in [0.25, 0.3) is 22.3 Å². The Kier molecular flexibility index (Phi) is 12.3. The van der Waals surface area contributed by atoms with E-state index in [1.165, 1.54) is 136 Å². The van der Waals surface area contributed by atoms with Crippen molar-refractivity contribution in [2.45, 2.75) is 200 Å². The molecule has 2 aliphatic carbocycles. The van der Waals surface area contributed by atoms with Crippen molar-refractivity contribution in [1.29, 1.82) is 0 Å². The van der Waals surface area contributed by atoms with Gasteiger partial charge in [0.15, 0.2) is 0 Å². The maximum atomic E-state index is 2.86. The Hall–Kier alpha value is -6.78. The van der Waals surface area contributed by atoms with Gasteiger partial charge in [-0.3, -0.25) is 0 Å². The van der Waals surface area contributed by atoms with E-state index < -0.39 is 0 Å². The molecule has 0 amide bonds. The molecule has 1 fully saturated rings. The first kappa shape index (κ1) is 55.4. The van der Waals surface area contributed by atoms with Gasteiger partial charge in [-0.1, -0.05) is 234 Å². The summed E-state index contributed by atoms with van der Waals surface area (Å²) in [6, 6.07) is 63.2. The molecule has 0 N–H and O–H groups in total. The molecular formula is C79H90BN3. The van der Waals surface area contributed by atoms with Crippen LogP contribution in [0.4, 0.5) is 45.5 Å². The molecule has 8 aromatic carbocycles. The van der Waals surface area contributed by atoms with Crippen molar-refractivity contribution >= 4 is 68.6 Å². The second-order valence-electron chi connectivity index (χ2n) is 31.8. The second kappa shape index (κ2) is 18.4. The first-order valence-corrected chi connectivity index (χ1v) is 31.4. The van der Waals surface area contributed by atoms with Gasteiger partial charge in [-0.15, -0.1) is 0 Å². The Morgan fingerprint density at radius 3 is 1.30 bits per heavy atom. The van der Waals surface area contributed by atoms with Crippen LogP contribution in [0.3, 0.4) is 0 Å². The number of fused-ring (bicyclic) bond motifs is 8. The summed E-state index contributed by atoms with van der Waals surface area (Å²) in [6.07, 6.45) is 5.81. The minimum atomic E-state index is -0.190. The molecule has 4 heteroatoms. The number of hydrogen-bond donors (Lipinski definition) is 0. The molecule has 1 saturated carbocycles. The van der Waals surface area contributed by atoms with Crippen LogP contribution < -0.4 is 31.1 Å². The fourth-order valence-electron chi connectivity index (χ4n) is 16.3. The molecule has 3 heterocycles. The highest BCUT2D eigenvalue weighted by Crippen LogP contribution is 2.63. The predicted octanol–water partition coefficient (Wildman–Crippen LogP) is 20.0. The molecule has 2 atom stereocenters. The average molecular weight is 1090 g/mol. The van der Waals surface area contributed by atoms with E-state index in [1.807, 2.05) is 0 Å². The van der Waals surface area contributed by atoms with Crippen LogP contribution in [-0.4, -0.2) is 12.3 Å². The van der Waals surface area contributed by atoms with E-state index >= 15 is 0 Å². The molecule has 13 rings (SSSR count). The fraction of sp³-hybridized carbons (Fsp3) is 0.392. The van der Waals surface area contributed by atoms with E-state index in [9.17, 15) is 0 Å². The molecule has 0 spiro atoms. The lowest BCUT2D eigenvalue weighted by Gasteiger charge is -2.51. The van der Waals surface area contributed by atoms with Crippen molar-refractivity contribution in [2.24, 2.45) is 0 Å². The molecule has 0 radical (unpaired) electrons. The zero-order valence-corrected chi connectivity index (χ0v) is 53.5. The van der Waals surface area contributed by atoms with Gasteiger partial charge in [0, 0.05) is 50.7 Å². The predicted molar refractivity (Wildman–Crippen MR) is 360 cm³/mol. The summed E-state index contributed by atoms with van der Waals surface area (Å²) >= 11 is 0. The normalized spacial score (nSPS) is 20.4. The van der Waals surface area contributed by atoms with Gasteiger partial charge in [0.05, 0.1) is 16.9 Å². The summed E-state index contributed by atoms with van der Waals surface area (Å²) < 4.78 is 0. The van der Waals surface area contributed by atoms with Gasteiger partial charge < -0.3 is 14.7 Å². The van der Waals surface area contributed by atoms with Crippen LogP contribution in [0.5, 0.6) is 0 Å². The standard InChI is InChI=1S/C79H90BN3/c1-72(2,3)52-31-35-64(57(41-52)50-27-21-19-22-28-50)81-67-38-34-55(75(10,11)12)44-62(67)80-63-47-59-60(77(15,16)49-76(59,13)14)48-68(63)82(65-36-32-53(73(4,5)6)42-58(65)51-29-23-20-24-30-51)70-46-56(45-69(81)71(70)80)83-66-37-33-54(74(7,8)9)43-61(66)78(17)39-25-26-40-79(78,83)18/h19-24,27-38,41-48H,25-26,39-40,49H2,1-18H3. The van der Waals surface area contributed by atoms with Gasteiger partial charge >= 0.3 is 0 Å². The van der Waals surface area contributed by atoms with Crippen molar-refractivity contribution < 1.29 is 0 Å². The minimum absolute atomic E-state index is 0.0104. The number of hydrogen-bond acceptors (Lipinski definition) is 3. The summed E-state index contributed by atoms with van der Waals surface area (Å²) in [5.74, 6) is 0. The van der Waals surface area contributed by atoms with Crippen LogP contribution in [0, 0.1) is 0 Å². The van der Waals surface area contributed by atoms with Crippen LogP contribution in [0.1, 0.15) is 196 Å². The summed E-state index contributed by atoms with van der Waals surface area (Å²) in [5, 5.41) is 0. The van der Waals surface area contributed by atoms with Crippen LogP contribution >= 0.6 is 0 Å². The van der Waals surface area contributed by atoms with Crippen LogP contribution in [-0.2, 0) is 37.9 Å². The van der Waals surface area contributed by atoms with Gasteiger partial charge in [-0.25, -0.2) is 0 Å². The number of nitrogens with zero attached hydrogens (tertiary/aromatic N) is 3. The molecule has 8 aromatic rings. The lowest BCUT2D eigenvalue weighted by molar-refractivity contribution is 0.195. The maximum Gasteiger partial charge on any atom is 0.252 e. The number of anilines is 8. The van der Waals surface area contributed by atoms with Crippen LogP contribution in [0.2, 0.25) is 0 Å². The third kappa shape index (κ3) is 8.55. The quantitative estimate of drug-likeness (QED) is 0.159.